The molecule has 0 aliphatic heterocycles. The summed E-state index contributed by atoms with van der Waals surface area (Å²) >= 11 is 0. The van der Waals surface area contributed by atoms with Gasteiger partial charge in [0.1, 0.15) is 6.61 Å². The Morgan fingerprint density at radius 1 is 0.957 bits per heavy atom. The van der Waals surface area contributed by atoms with Crippen molar-refractivity contribution in [1.82, 2.24) is 10.1 Å². The lowest BCUT2D eigenvalue weighted by molar-refractivity contribution is 0.0850. The Hall–Kier alpha value is -2.46. The Morgan fingerprint density at radius 3 is 2.39 bits per heavy atom. The van der Waals surface area contributed by atoms with Crippen LogP contribution in [0.4, 0.5) is 0 Å². The van der Waals surface area contributed by atoms with E-state index < -0.39 is 0 Å². The smallest absolute Gasteiger partial charge is 0.252 e. The number of rotatable bonds is 6. The van der Waals surface area contributed by atoms with Crippen LogP contribution < -0.4 is 0 Å². The number of nitrogens with zero attached hydrogens (tertiary/aromatic N) is 2. The van der Waals surface area contributed by atoms with Crippen LogP contribution in [-0.4, -0.2) is 10.1 Å². The van der Waals surface area contributed by atoms with E-state index in [9.17, 15) is 0 Å². The molecule has 4 heteroatoms. The third-order valence-electron chi connectivity index (χ3n) is 3.64. The average molecular weight is 308 g/mol. The fourth-order valence-electron chi connectivity index (χ4n) is 2.28. The van der Waals surface area contributed by atoms with Crippen LogP contribution in [0.5, 0.6) is 0 Å². The van der Waals surface area contributed by atoms with Crippen LogP contribution in [0.1, 0.15) is 36.8 Å². The van der Waals surface area contributed by atoms with Crippen LogP contribution in [-0.2, 0) is 18.0 Å². The van der Waals surface area contributed by atoms with Crippen molar-refractivity contribution in [2.24, 2.45) is 0 Å². The Morgan fingerprint density at radius 2 is 1.70 bits per heavy atom. The molecule has 0 unspecified atom stereocenters. The Labute approximate surface area is 136 Å². The van der Waals surface area contributed by atoms with Crippen molar-refractivity contribution in [2.75, 3.05) is 0 Å². The highest BCUT2D eigenvalue weighted by molar-refractivity contribution is 5.54. The van der Waals surface area contributed by atoms with Crippen molar-refractivity contribution < 1.29 is 9.26 Å². The van der Waals surface area contributed by atoms with Gasteiger partial charge in [-0.05, 0) is 17.0 Å². The minimum atomic E-state index is 0.311. The van der Waals surface area contributed by atoms with Gasteiger partial charge in [-0.25, -0.2) is 0 Å². The van der Waals surface area contributed by atoms with Gasteiger partial charge in [-0.2, -0.15) is 4.98 Å². The topological polar surface area (TPSA) is 48.2 Å². The number of benzene rings is 2. The van der Waals surface area contributed by atoms with Gasteiger partial charge in [0.05, 0.1) is 6.61 Å². The number of aromatic nitrogens is 2. The second-order valence-corrected chi connectivity index (χ2v) is 5.77. The second kappa shape index (κ2) is 7.20. The molecule has 0 saturated carbocycles. The van der Waals surface area contributed by atoms with E-state index >= 15 is 0 Å². The van der Waals surface area contributed by atoms with E-state index in [-0.39, 0.29) is 0 Å². The van der Waals surface area contributed by atoms with Gasteiger partial charge in [0.2, 0.25) is 5.82 Å². The molecule has 0 radical (unpaired) electrons. The molecule has 2 aromatic carbocycles. The molecule has 118 valence electrons. The zero-order valence-corrected chi connectivity index (χ0v) is 13.4. The van der Waals surface area contributed by atoms with E-state index in [0.29, 0.717) is 30.8 Å². The summed E-state index contributed by atoms with van der Waals surface area (Å²) in [6.07, 6.45) is 0. The van der Waals surface area contributed by atoms with E-state index in [2.05, 4.69) is 36.1 Å². The number of hydrogen-bond acceptors (Lipinski definition) is 4. The molecule has 0 aliphatic carbocycles. The van der Waals surface area contributed by atoms with Crippen LogP contribution in [0.25, 0.3) is 11.4 Å². The molecular weight excluding hydrogens is 288 g/mol. The minimum Gasteiger partial charge on any atom is -0.367 e. The fourth-order valence-corrected chi connectivity index (χ4v) is 2.28. The van der Waals surface area contributed by atoms with Crippen molar-refractivity contribution in [1.29, 1.82) is 0 Å². The molecule has 3 rings (SSSR count). The second-order valence-electron chi connectivity index (χ2n) is 5.77. The molecule has 0 N–H and O–H groups in total. The zero-order chi connectivity index (χ0) is 16.1. The summed E-state index contributed by atoms with van der Waals surface area (Å²) in [5.74, 6) is 1.60. The van der Waals surface area contributed by atoms with Gasteiger partial charge < -0.3 is 9.26 Å². The molecule has 0 aliphatic rings. The normalized spacial score (nSPS) is 11.1. The van der Waals surface area contributed by atoms with Crippen LogP contribution in [0.2, 0.25) is 0 Å². The third-order valence-corrected chi connectivity index (χ3v) is 3.64. The molecule has 0 fully saturated rings. The zero-order valence-electron chi connectivity index (χ0n) is 13.4. The fraction of sp³-hybridized carbons (Fsp3) is 0.263. The van der Waals surface area contributed by atoms with Gasteiger partial charge in [0, 0.05) is 5.56 Å². The first-order chi connectivity index (χ1) is 11.2. The summed E-state index contributed by atoms with van der Waals surface area (Å²) in [6.45, 7) is 5.19. The first-order valence-electron chi connectivity index (χ1n) is 7.77. The molecule has 23 heavy (non-hydrogen) atoms. The Kier molecular flexibility index (Phi) is 4.83. The van der Waals surface area contributed by atoms with Crippen molar-refractivity contribution in [2.45, 2.75) is 33.0 Å². The molecule has 0 atom stereocenters. The molecule has 3 aromatic rings. The van der Waals surface area contributed by atoms with E-state index in [1.54, 1.807) is 0 Å². The van der Waals surface area contributed by atoms with Crippen LogP contribution in [0.3, 0.4) is 0 Å². The first kappa shape index (κ1) is 15.4. The molecular formula is C19H20N2O2. The van der Waals surface area contributed by atoms with Crippen molar-refractivity contribution in [3.05, 3.63) is 71.6 Å². The standard InChI is InChI=1S/C19H20N2O2/c1-14(2)16-8-10-17(11-9-16)19-20-18(23-21-19)13-22-12-15-6-4-3-5-7-15/h3-11,14H,12-13H2,1-2H3. The van der Waals surface area contributed by atoms with Gasteiger partial charge >= 0.3 is 0 Å². The average Bonchev–Trinajstić information content (AvgIpc) is 3.05. The largest absolute Gasteiger partial charge is 0.367 e. The Bertz CT molecular complexity index is 734. The molecule has 1 heterocycles. The minimum absolute atomic E-state index is 0.311. The van der Waals surface area contributed by atoms with E-state index in [0.717, 1.165) is 11.1 Å². The predicted molar refractivity (Wildman–Crippen MR) is 88.8 cm³/mol. The van der Waals surface area contributed by atoms with Gasteiger partial charge in [-0.15, -0.1) is 0 Å². The summed E-state index contributed by atoms with van der Waals surface area (Å²) in [6, 6.07) is 18.3. The van der Waals surface area contributed by atoms with Crippen molar-refractivity contribution >= 4 is 0 Å². The highest BCUT2D eigenvalue weighted by Gasteiger charge is 2.09. The lowest BCUT2D eigenvalue weighted by Crippen LogP contribution is -1.94. The van der Waals surface area contributed by atoms with E-state index in [4.69, 9.17) is 9.26 Å². The maximum atomic E-state index is 5.61. The Balaban J connectivity index is 1.59. The SMILES string of the molecule is CC(C)c1ccc(-c2noc(COCc3ccccc3)n2)cc1. The summed E-state index contributed by atoms with van der Waals surface area (Å²) in [4.78, 5) is 4.38. The van der Waals surface area contributed by atoms with Gasteiger partial charge in [-0.3, -0.25) is 0 Å². The maximum Gasteiger partial charge on any atom is 0.252 e. The third kappa shape index (κ3) is 4.05. The van der Waals surface area contributed by atoms with Gasteiger partial charge in [0.15, 0.2) is 0 Å². The van der Waals surface area contributed by atoms with Gasteiger partial charge in [0.25, 0.3) is 5.89 Å². The summed E-state index contributed by atoms with van der Waals surface area (Å²) < 4.78 is 10.9. The van der Waals surface area contributed by atoms with Crippen LogP contribution >= 0.6 is 0 Å². The molecule has 1 aromatic heterocycles. The van der Waals surface area contributed by atoms with Crippen molar-refractivity contribution in [3.63, 3.8) is 0 Å². The van der Waals surface area contributed by atoms with Gasteiger partial charge in [-0.1, -0.05) is 73.6 Å². The molecule has 0 bridgehead atoms. The molecule has 0 spiro atoms. The molecule has 0 amide bonds. The number of ether oxygens (including phenoxy) is 1. The van der Waals surface area contributed by atoms with E-state index in [1.165, 1.54) is 5.56 Å². The highest BCUT2D eigenvalue weighted by Crippen LogP contribution is 2.20. The monoisotopic (exact) mass is 308 g/mol. The predicted octanol–water partition coefficient (Wildman–Crippen LogP) is 4.58. The summed E-state index contributed by atoms with van der Waals surface area (Å²) in [5.41, 5.74) is 3.37. The summed E-state index contributed by atoms with van der Waals surface area (Å²) in [7, 11) is 0. The molecule has 4 nitrogen and oxygen atoms in total. The van der Waals surface area contributed by atoms with Crippen LogP contribution in [0.15, 0.2) is 59.1 Å². The van der Waals surface area contributed by atoms with Crippen LogP contribution in [0, 0.1) is 0 Å². The van der Waals surface area contributed by atoms with Crippen molar-refractivity contribution in [3.8, 4) is 11.4 Å². The van der Waals surface area contributed by atoms with E-state index in [1.807, 2.05) is 42.5 Å². The quantitative estimate of drug-likeness (QED) is 0.669. The molecule has 0 saturated heterocycles. The lowest BCUT2D eigenvalue weighted by atomic mass is 10.0. The summed E-state index contributed by atoms with van der Waals surface area (Å²) in [5, 5.41) is 4.02. The number of hydrogen-bond donors (Lipinski definition) is 0. The maximum absolute atomic E-state index is 5.61. The highest BCUT2D eigenvalue weighted by atomic mass is 16.5. The first-order valence-corrected chi connectivity index (χ1v) is 7.77. The lowest BCUT2D eigenvalue weighted by Gasteiger charge is -2.04.